The van der Waals surface area contributed by atoms with Gasteiger partial charge in [-0.05, 0) is 89.9 Å². The third-order valence-corrected chi connectivity index (χ3v) is 9.78. The Labute approximate surface area is 346 Å². The van der Waals surface area contributed by atoms with Crippen molar-refractivity contribution < 1.29 is 47.8 Å². The van der Waals surface area contributed by atoms with Crippen molar-refractivity contribution in [2.75, 3.05) is 26.4 Å². The summed E-state index contributed by atoms with van der Waals surface area (Å²) in [6.07, 6.45) is 47.2. The quantitative estimate of drug-likeness (QED) is 0.0236. The van der Waals surface area contributed by atoms with Crippen LogP contribution in [0.5, 0.6) is 0 Å². The van der Waals surface area contributed by atoms with Crippen molar-refractivity contribution in [2.45, 2.75) is 180 Å². The third-order valence-electron chi connectivity index (χ3n) is 8.83. The zero-order valence-corrected chi connectivity index (χ0v) is 36.4. The number of phosphoric acid groups is 1. The van der Waals surface area contributed by atoms with E-state index in [-0.39, 0.29) is 19.4 Å². The maximum absolute atomic E-state index is 12.6. The molecule has 0 aromatic carbocycles. The Kier molecular flexibility index (Phi) is 39.7. The van der Waals surface area contributed by atoms with E-state index in [2.05, 4.69) is 91.3 Å². The van der Waals surface area contributed by atoms with E-state index in [0.717, 1.165) is 83.5 Å². The SMILES string of the molecule is CCCCC/C=C\C/C=C\C/C=C\C/C=C\CCCCCC(=O)O[C@H](COC(=O)CCCCCCC/C=C\C/C=C\CCCCC)COP(=O)(O)OC[C@@H](O)CO. The molecule has 0 aliphatic heterocycles. The molecule has 0 aromatic rings. The van der Waals surface area contributed by atoms with Gasteiger partial charge < -0.3 is 24.6 Å². The van der Waals surface area contributed by atoms with E-state index in [9.17, 15) is 24.2 Å². The number of hydrogen-bond donors (Lipinski definition) is 3. The molecule has 0 bridgehead atoms. The molecule has 3 N–H and O–H groups in total. The number of aliphatic hydroxyl groups excluding tert-OH is 2. The summed E-state index contributed by atoms with van der Waals surface area (Å²) in [5, 5.41) is 18.3. The fourth-order valence-corrected chi connectivity index (χ4v) is 6.21. The lowest BCUT2D eigenvalue weighted by Gasteiger charge is -2.20. The molecule has 11 heteroatoms. The van der Waals surface area contributed by atoms with Crippen LogP contribution in [0.1, 0.15) is 168 Å². The Morgan fingerprint density at radius 2 is 0.912 bits per heavy atom. The fourth-order valence-electron chi connectivity index (χ4n) is 5.42. The highest BCUT2D eigenvalue weighted by atomic mass is 31.2. The summed E-state index contributed by atoms with van der Waals surface area (Å²) < 4.78 is 32.7. The molecule has 0 aromatic heterocycles. The number of rotatable bonds is 40. The molecule has 0 saturated carbocycles. The van der Waals surface area contributed by atoms with E-state index in [1.807, 2.05) is 0 Å². The highest BCUT2D eigenvalue weighted by molar-refractivity contribution is 7.47. The van der Waals surface area contributed by atoms with Crippen molar-refractivity contribution in [3.05, 3.63) is 72.9 Å². The van der Waals surface area contributed by atoms with Crippen LogP contribution in [-0.2, 0) is 32.7 Å². The number of esters is 2. The second-order valence-electron chi connectivity index (χ2n) is 14.4. The molecule has 0 heterocycles. The molecule has 57 heavy (non-hydrogen) atoms. The van der Waals surface area contributed by atoms with Crippen LogP contribution in [0.3, 0.4) is 0 Å². The van der Waals surface area contributed by atoms with Crippen LogP contribution in [0.15, 0.2) is 72.9 Å². The van der Waals surface area contributed by atoms with Crippen molar-refractivity contribution in [1.29, 1.82) is 0 Å². The topological polar surface area (TPSA) is 149 Å². The molecule has 0 spiro atoms. The largest absolute Gasteiger partial charge is 0.472 e. The average molecular weight is 823 g/mol. The van der Waals surface area contributed by atoms with Crippen molar-refractivity contribution in [2.24, 2.45) is 0 Å². The van der Waals surface area contributed by atoms with Gasteiger partial charge >= 0.3 is 19.8 Å². The minimum absolute atomic E-state index is 0.140. The smallest absolute Gasteiger partial charge is 0.462 e. The van der Waals surface area contributed by atoms with Gasteiger partial charge in [0.15, 0.2) is 6.10 Å². The highest BCUT2D eigenvalue weighted by Gasteiger charge is 2.27. The number of carbonyl (C=O) groups is 2. The number of phosphoric ester groups is 1. The van der Waals surface area contributed by atoms with Crippen molar-refractivity contribution >= 4 is 19.8 Å². The summed E-state index contributed by atoms with van der Waals surface area (Å²) in [4.78, 5) is 35.0. The van der Waals surface area contributed by atoms with Crippen molar-refractivity contribution in [3.63, 3.8) is 0 Å². The predicted octanol–water partition coefficient (Wildman–Crippen LogP) is 11.7. The molecular weight excluding hydrogens is 743 g/mol. The summed E-state index contributed by atoms with van der Waals surface area (Å²) in [6.45, 7) is 2.26. The number of ether oxygens (including phenoxy) is 2. The second kappa shape index (κ2) is 41.6. The minimum Gasteiger partial charge on any atom is -0.462 e. The van der Waals surface area contributed by atoms with Gasteiger partial charge in [0.25, 0.3) is 0 Å². The Morgan fingerprint density at radius 3 is 1.39 bits per heavy atom. The molecule has 0 radical (unpaired) electrons. The molecule has 0 saturated heterocycles. The normalized spacial score (nSPS) is 14.5. The number of carbonyl (C=O) groups excluding carboxylic acids is 2. The van der Waals surface area contributed by atoms with Crippen LogP contribution >= 0.6 is 7.82 Å². The van der Waals surface area contributed by atoms with Crippen LogP contribution in [0.4, 0.5) is 0 Å². The first-order chi connectivity index (χ1) is 27.7. The first kappa shape index (κ1) is 54.4. The number of hydrogen-bond acceptors (Lipinski definition) is 9. The molecule has 0 rings (SSSR count). The predicted molar refractivity (Wildman–Crippen MR) is 233 cm³/mol. The van der Waals surface area contributed by atoms with Gasteiger partial charge in [0.1, 0.15) is 12.7 Å². The first-order valence-corrected chi connectivity index (χ1v) is 23.4. The molecule has 3 atom stereocenters. The van der Waals surface area contributed by atoms with Gasteiger partial charge in [-0.25, -0.2) is 4.57 Å². The van der Waals surface area contributed by atoms with Gasteiger partial charge in [0.2, 0.25) is 0 Å². The Balaban J connectivity index is 4.40. The molecule has 10 nitrogen and oxygen atoms in total. The lowest BCUT2D eigenvalue weighted by molar-refractivity contribution is -0.161. The van der Waals surface area contributed by atoms with Crippen LogP contribution < -0.4 is 0 Å². The number of aliphatic hydroxyl groups is 2. The molecule has 0 aliphatic rings. The monoisotopic (exact) mass is 823 g/mol. The van der Waals surface area contributed by atoms with Gasteiger partial charge in [-0.15, -0.1) is 0 Å². The summed E-state index contributed by atoms with van der Waals surface area (Å²) in [5.74, 6) is -0.983. The molecule has 1 unspecified atom stereocenters. The third kappa shape index (κ3) is 41.4. The summed E-state index contributed by atoms with van der Waals surface area (Å²) in [5.41, 5.74) is 0. The Hall–Kier alpha value is -2.59. The average Bonchev–Trinajstić information content (AvgIpc) is 3.20. The van der Waals surface area contributed by atoms with Crippen LogP contribution in [0.2, 0.25) is 0 Å². The Morgan fingerprint density at radius 1 is 0.526 bits per heavy atom. The van der Waals surface area contributed by atoms with Crippen molar-refractivity contribution in [1.82, 2.24) is 0 Å². The lowest BCUT2D eigenvalue weighted by Crippen LogP contribution is -2.29. The zero-order chi connectivity index (χ0) is 41.9. The van der Waals surface area contributed by atoms with Gasteiger partial charge in [0, 0.05) is 12.8 Å². The maximum Gasteiger partial charge on any atom is 0.472 e. The highest BCUT2D eigenvalue weighted by Crippen LogP contribution is 2.43. The first-order valence-electron chi connectivity index (χ1n) is 21.9. The number of allylic oxidation sites excluding steroid dienone is 12. The molecular formula is C46H79O10P. The van der Waals surface area contributed by atoms with Gasteiger partial charge in [-0.2, -0.15) is 0 Å². The zero-order valence-electron chi connectivity index (χ0n) is 35.5. The molecule has 0 aliphatic carbocycles. The molecule has 0 amide bonds. The van der Waals surface area contributed by atoms with Crippen molar-refractivity contribution in [3.8, 4) is 0 Å². The lowest BCUT2D eigenvalue weighted by atomic mass is 10.1. The van der Waals surface area contributed by atoms with E-state index in [4.69, 9.17) is 19.1 Å². The fraction of sp³-hybridized carbons (Fsp3) is 0.696. The van der Waals surface area contributed by atoms with Crippen LogP contribution in [-0.4, -0.2) is 65.7 Å². The van der Waals surface area contributed by atoms with E-state index in [0.29, 0.717) is 12.8 Å². The van der Waals surface area contributed by atoms with E-state index < -0.39 is 51.8 Å². The van der Waals surface area contributed by atoms with E-state index in [1.165, 1.54) is 44.9 Å². The summed E-state index contributed by atoms with van der Waals surface area (Å²) in [6, 6.07) is 0. The van der Waals surface area contributed by atoms with Gasteiger partial charge in [-0.1, -0.05) is 138 Å². The molecule has 328 valence electrons. The van der Waals surface area contributed by atoms with E-state index >= 15 is 0 Å². The maximum atomic E-state index is 12.6. The standard InChI is InChI=1S/C46H79O10P/c1-3-5-7-9-11-13-15-17-19-20-21-22-24-26-28-30-32-34-36-38-46(50)56-44(42-55-57(51,52)54-40-43(48)39-47)41-53-45(49)37-35-33-31-29-27-25-23-18-16-14-12-10-8-6-4-2/h11-14,17-19,21-23,26,28,43-44,47-48H,3-10,15-16,20,24-25,27,29-42H2,1-2H3,(H,51,52)/b13-11-,14-12-,19-17-,22-21-,23-18-,28-26-/t43-,44+/m0/s1. The van der Waals surface area contributed by atoms with Crippen LogP contribution in [0, 0.1) is 0 Å². The van der Waals surface area contributed by atoms with E-state index in [1.54, 1.807) is 0 Å². The summed E-state index contributed by atoms with van der Waals surface area (Å²) in [7, 11) is -4.63. The second-order valence-corrected chi connectivity index (χ2v) is 15.8. The molecule has 0 fully saturated rings. The number of unbranched alkanes of at least 4 members (excludes halogenated alkanes) is 14. The van der Waals surface area contributed by atoms with Gasteiger partial charge in [-0.3, -0.25) is 18.6 Å². The minimum atomic E-state index is -4.63. The Bertz CT molecular complexity index is 1180. The summed E-state index contributed by atoms with van der Waals surface area (Å²) >= 11 is 0. The van der Waals surface area contributed by atoms with Gasteiger partial charge in [0.05, 0.1) is 19.8 Å². The van der Waals surface area contributed by atoms with Crippen LogP contribution in [0.25, 0.3) is 0 Å².